The molecule has 0 amide bonds. The summed E-state index contributed by atoms with van der Waals surface area (Å²) < 4.78 is 24.7. The van der Waals surface area contributed by atoms with E-state index in [9.17, 15) is 23.9 Å². The zero-order valence-electron chi connectivity index (χ0n) is 23.2. The van der Waals surface area contributed by atoms with Gasteiger partial charge in [-0.3, -0.25) is 14.5 Å². The van der Waals surface area contributed by atoms with Crippen LogP contribution in [0, 0.1) is 5.82 Å². The van der Waals surface area contributed by atoms with Crippen LogP contribution in [0.3, 0.4) is 0 Å². The van der Waals surface area contributed by atoms with Crippen molar-refractivity contribution in [3.8, 4) is 11.5 Å². The van der Waals surface area contributed by atoms with E-state index in [1.54, 1.807) is 25.3 Å². The smallest absolute Gasteiger partial charge is 0.336 e. The lowest BCUT2D eigenvalue weighted by Gasteiger charge is -2.44. The molecule has 2 saturated heterocycles. The highest BCUT2D eigenvalue weighted by Crippen LogP contribution is 2.47. The number of carbonyl (C=O) groups is 3. The number of carboxylic acids is 3. The third-order valence-electron chi connectivity index (χ3n) is 7.56. The van der Waals surface area contributed by atoms with E-state index in [-0.39, 0.29) is 17.9 Å². The Labute approximate surface area is 242 Å². The largest absolute Gasteiger partial charge is 0.493 e. The summed E-state index contributed by atoms with van der Waals surface area (Å²) >= 11 is 0. The molecule has 2 unspecified atom stereocenters. The molecule has 2 fully saturated rings. The molecule has 5 N–H and O–H groups in total. The fourth-order valence-corrected chi connectivity index (χ4v) is 5.63. The number of piperidine rings is 1. The normalized spacial score (nSPS) is 21.5. The highest BCUT2D eigenvalue weighted by Gasteiger charge is 2.48. The molecular weight excluding hydrogens is 553 g/mol. The van der Waals surface area contributed by atoms with Crippen molar-refractivity contribution < 1.29 is 53.8 Å². The van der Waals surface area contributed by atoms with Gasteiger partial charge in [0.05, 0.1) is 25.6 Å². The van der Waals surface area contributed by atoms with E-state index in [4.69, 9.17) is 29.9 Å². The van der Waals surface area contributed by atoms with Crippen molar-refractivity contribution in [2.24, 2.45) is 0 Å². The number of benzene rings is 2. The van der Waals surface area contributed by atoms with Gasteiger partial charge in [-0.2, -0.15) is 0 Å². The Hall–Kier alpha value is -4.00. The van der Waals surface area contributed by atoms with E-state index in [0.717, 1.165) is 42.0 Å². The van der Waals surface area contributed by atoms with Crippen LogP contribution >= 0.6 is 0 Å². The highest BCUT2D eigenvalue weighted by molar-refractivity contribution is 5.88. The summed E-state index contributed by atoms with van der Waals surface area (Å²) in [4.78, 5) is 33.0. The van der Waals surface area contributed by atoms with Gasteiger partial charge in [-0.05, 0) is 49.4 Å². The van der Waals surface area contributed by atoms with E-state index < -0.39 is 42.0 Å². The second-order valence-corrected chi connectivity index (χ2v) is 10.5. The second kappa shape index (κ2) is 13.8. The standard InChI is InChI=1S/C24H28FNO3.C6H8O7/c1-3-13-29-23-17(5-4-6-22(23)28-2)16-26-20-11-12-21(26)15-24(27,14-20)18-7-9-19(25)10-8-18;7-3(8)1-6(13,5(11)12)2-4(9)10/h3-10,20-21,27H,1,11-16H2,2H3;13H,1-2H2,(H,7,8)(H,9,10)(H,11,12). The molecule has 2 bridgehead atoms. The van der Waals surface area contributed by atoms with Gasteiger partial charge in [0.1, 0.15) is 12.4 Å². The monoisotopic (exact) mass is 589 g/mol. The lowest BCUT2D eigenvalue weighted by atomic mass is 9.80. The molecule has 2 aromatic carbocycles. The Kier molecular flexibility index (Phi) is 10.7. The van der Waals surface area contributed by atoms with Crippen LogP contribution in [-0.2, 0) is 26.5 Å². The van der Waals surface area contributed by atoms with Crippen LogP contribution in [-0.4, -0.2) is 79.7 Å². The summed E-state index contributed by atoms with van der Waals surface area (Å²) in [6, 6.07) is 12.8. The van der Waals surface area contributed by atoms with E-state index >= 15 is 0 Å². The van der Waals surface area contributed by atoms with Crippen molar-refractivity contribution in [1.29, 1.82) is 0 Å². The van der Waals surface area contributed by atoms with Crippen LogP contribution in [0.2, 0.25) is 0 Å². The Morgan fingerprint density at radius 1 is 1.05 bits per heavy atom. The number of nitrogens with zero attached hydrogens (tertiary/aromatic N) is 1. The molecule has 42 heavy (non-hydrogen) atoms. The van der Waals surface area contributed by atoms with E-state index in [1.165, 1.54) is 12.1 Å². The Balaban J connectivity index is 0.000000316. The van der Waals surface area contributed by atoms with Gasteiger partial charge in [0.2, 0.25) is 0 Å². The van der Waals surface area contributed by atoms with Crippen LogP contribution in [0.4, 0.5) is 4.39 Å². The molecule has 0 radical (unpaired) electrons. The molecule has 2 aliphatic heterocycles. The minimum atomic E-state index is -2.74. The van der Waals surface area contributed by atoms with Gasteiger partial charge in [0.25, 0.3) is 0 Å². The molecule has 0 aromatic heterocycles. The summed E-state index contributed by atoms with van der Waals surface area (Å²) in [7, 11) is 1.65. The highest BCUT2D eigenvalue weighted by atomic mass is 19.1. The summed E-state index contributed by atoms with van der Waals surface area (Å²) in [5.74, 6) is -3.82. The van der Waals surface area contributed by atoms with Crippen molar-refractivity contribution in [3.63, 3.8) is 0 Å². The maximum Gasteiger partial charge on any atom is 0.336 e. The Bertz CT molecular complexity index is 1250. The number of methoxy groups -OCH3 is 1. The third kappa shape index (κ3) is 7.84. The predicted molar refractivity (Wildman–Crippen MR) is 148 cm³/mol. The van der Waals surface area contributed by atoms with Crippen LogP contribution < -0.4 is 9.47 Å². The Morgan fingerprint density at radius 2 is 1.62 bits per heavy atom. The number of carboxylic acid groups (broad SMARTS) is 3. The lowest BCUT2D eigenvalue weighted by Crippen LogP contribution is -2.49. The maximum absolute atomic E-state index is 13.3. The number of fused-ring (bicyclic) bond motifs is 2. The van der Waals surface area contributed by atoms with Crippen molar-refractivity contribution >= 4 is 17.9 Å². The average Bonchev–Trinajstić information content (AvgIpc) is 3.16. The van der Waals surface area contributed by atoms with Gasteiger partial charge >= 0.3 is 17.9 Å². The van der Waals surface area contributed by atoms with Crippen LogP contribution in [0.1, 0.15) is 49.7 Å². The van der Waals surface area contributed by atoms with E-state index in [1.807, 2.05) is 12.1 Å². The first kappa shape index (κ1) is 32.5. The fourth-order valence-electron chi connectivity index (χ4n) is 5.63. The van der Waals surface area contributed by atoms with Crippen molar-refractivity contribution in [3.05, 3.63) is 72.1 Å². The van der Waals surface area contributed by atoms with Crippen molar-refractivity contribution in [2.75, 3.05) is 13.7 Å². The number of aliphatic hydroxyl groups is 2. The topological polar surface area (TPSA) is 174 Å². The van der Waals surface area contributed by atoms with E-state index in [2.05, 4.69) is 17.5 Å². The number of aliphatic carboxylic acids is 3. The molecule has 11 nitrogen and oxygen atoms in total. The average molecular weight is 590 g/mol. The SMILES string of the molecule is C=CCOc1c(CN2C3CCC2CC(O)(c2ccc(F)cc2)C3)cccc1OC.O=C(O)CC(O)(CC(=O)O)C(=O)O. The fraction of sp³-hybridized carbons (Fsp3) is 0.433. The number of para-hydroxylation sites is 1. The second-order valence-electron chi connectivity index (χ2n) is 10.5. The van der Waals surface area contributed by atoms with Gasteiger partial charge in [-0.25, -0.2) is 9.18 Å². The number of halogens is 1. The van der Waals surface area contributed by atoms with Crippen molar-refractivity contribution in [1.82, 2.24) is 4.90 Å². The van der Waals surface area contributed by atoms with Gasteiger partial charge in [-0.15, -0.1) is 0 Å². The molecule has 4 rings (SSSR count). The zero-order chi connectivity index (χ0) is 31.1. The van der Waals surface area contributed by atoms with Gasteiger partial charge in [-0.1, -0.05) is 36.9 Å². The molecule has 2 atom stereocenters. The van der Waals surface area contributed by atoms with Gasteiger partial charge in [0, 0.05) is 24.2 Å². The minimum absolute atomic E-state index is 0.275. The summed E-state index contributed by atoms with van der Waals surface area (Å²) in [6.45, 7) is 4.90. The molecule has 228 valence electrons. The molecule has 0 saturated carbocycles. The molecule has 12 heteroatoms. The van der Waals surface area contributed by atoms with Crippen LogP contribution in [0.15, 0.2) is 55.1 Å². The van der Waals surface area contributed by atoms with Gasteiger partial charge in [0.15, 0.2) is 17.1 Å². The first-order valence-electron chi connectivity index (χ1n) is 13.3. The molecular formula is C30H36FNO10. The summed E-state index contributed by atoms with van der Waals surface area (Å²) in [5.41, 5.74) is -1.74. The number of ether oxygens (including phenoxy) is 2. The van der Waals surface area contributed by atoms with Crippen LogP contribution in [0.25, 0.3) is 0 Å². The number of hydrogen-bond donors (Lipinski definition) is 5. The molecule has 2 aliphatic rings. The first-order chi connectivity index (χ1) is 19.8. The maximum atomic E-state index is 13.3. The zero-order valence-corrected chi connectivity index (χ0v) is 23.2. The quantitative estimate of drug-likeness (QED) is 0.230. The van der Waals surface area contributed by atoms with E-state index in [0.29, 0.717) is 19.4 Å². The molecule has 2 aromatic rings. The molecule has 2 heterocycles. The lowest BCUT2D eigenvalue weighted by molar-refractivity contribution is -0.170. The summed E-state index contributed by atoms with van der Waals surface area (Å²) in [5, 5.41) is 45.2. The third-order valence-corrected chi connectivity index (χ3v) is 7.56. The number of rotatable bonds is 12. The first-order valence-corrected chi connectivity index (χ1v) is 13.3. The number of hydrogen-bond acceptors (Lipinski definition) is 8. The Morgan fingerprint density at radius 3 is 2.10 bits per heavy atom. The molecule has 0 spiro atoms. The van der Waals surface area contributed by atoms with Gasteiger partial charge < -0.3 is 35.0 Å². The predicted octanol–water partition coefficient (Wildman–Crippen LogP) is 3.17. The minimum Gasteiger partial charge on any atom is -0.493 e. The van der Waals surface area contributed by atoms with Crippen molar-refractivity contribution in [2.45, 2.75) is 68.4 Å². The molecule has 0 aliphatic carbocycles. The summed E-state index contributed by atoms with van der Waals surface area (Å²) in [6.07, 6.45) is 2.86. The van der Waals surface area contributed by atoms with Crippen LogP contribution in [0.5, 0.6) is 11.5 Å².